The first-order valence-corrected chi connectivity index (χ1v) is 10.4. The Hall–Kier alpha value is -2.84. The van der Waals surface area contributed by atoms with Crippen LogP contribution < -0.4 is 5.32 Å². The van der Waals surface area contributed by atoms with Gasteiger partial charge in [-0.25, -0.2) is 0 Å². The zero-order chi connectivity index (χ0) is 21.3. The molecule has 1 amide bonds. The molecular weight excluding hydrogens is 470 g/mol. The molecule has 0 fully saturated rings. The average Bonchev–Trinajstić information content (AvgIpc) is 3.42. The van der Waals surface area contributed by atoms with Crippen LogP contribution in [0.25, 0.3) is 0 Å². The molecule has 9 heteroatoms. The van der Waals surface area contributed by atoms with Crippen molar-refractivity contribution in [3.63, 3.8) is 0 Å². The van der Waals surface area contributed by atoms with Crippen LogP contribution >= 0.6 is 27.5 Å². The van der Waals surface area contributed by atoms with E-state index in [4.69, 9.17) is 16.0 Å². The number of nitrogens with one attached hydrogen (secondary N) is 1. The Morgan fingerprint density at radius 1 is 1.17 bits per heavy atom. The van der Waals surface area contributed by atoms with Gasteiger partial charge in [0.2, 0.25) is 0 Å². The molecule has 3 aromatic heterocycles. The molecule has 0 aliphatic heterocycles. The largest absolute Gasteiger partial charge is 0.454 e. The molecule has 4 aromatic rings. The maximum Gasteiger partial charge on any atom is 0.291 e. The molecule has 0 radical (unpaired) electrons. The van der Waals surface area contributed by atoms with E-state index < -0.39 is 0 Å². The minimum absolute atomic E-state index is 0.232. The van der Waals surface area contributed by atoms with Crippen LogP contribution in [0.4, 0.5) is 5.69 Å². The quantitative estimate of drug-likeness (QED) is 0.412. The van der Waals surface area contributed by atoms with Gasteiger partial charge in [0.1, 0.15) is 5.76 Å². The molecule has 154 valence electrons. The molecule has 4 rings (SSSR count). The Kier molecular flexibility index (Phi) is 5.78. The van der Waals surface area contributed by atoms with E-state index in [2.05, 4.69) is 31.4 Å². The van der Waals surface area contributed by atoms with E-state index in [0.29, 0.717) is 29.6 Å². The second kappa shape index (κ2) is 8.49. The number of benzene rings is 1. The van der Waals surface area contributed by atoms with Crippen LogP contribution in [0.3, 0.4) is 0 Å². The van der Waals surface area contributed by atoms with Crippen molar-refractivity contribution in [2.75, 3.05) is 5.32 Å². The van der Waals surface area contributed by atoms with Crippen molar-refractivity contribution in [2.24, 2.45) is 0 Å². The van der Waals surface area contributed by atoms with Gasteiger partial charge in [-0.15, -0.1) is 0 Å². The van der Waals surface area contributed by atoms with Crippen LogP contribution in [0.2, 0.25) is 5.02 Å². The van der Waals surface area contributed by atoms with Crippen LogP contribution in [-0.2, 0) is 13.1 Å². The Morgan fingerprint density at radius 2 is 1.93 bits per heavy atom. The molecule has 30 heavy (non-hydrogen) atoms. The summed E-state index contributed by atoms with van der Waals surface area (Å²) < 4.78 is 10.3. The number of anilines is 1. The first-order valence-electron chi connectivity index (χ1n) is 9.25. The predicted molar refractivity (Wildman–Crippen MR) is 118 cm³/mol. The SMILES string of the molecule is Cc1nn(Cc2ccc(C(=O)Nc3cnn(Cc4ccc(Cl)cc4)c3)o2)c(C)c1Br. The molecule has 7 nitrogen and oxygen atoms in total. The molecule has 1 N–H and O–H groups in total. The third-order valence-electron chi connectivity index (χ3n) is 4.63. The van der Waals surface area contributed by atoms with Crippen LogP contribution in [0.15, 0.2) is 57.7 Å². The highest BCUT2D eigenvalue weighted by Gasteiger charge is 2.15. The van der Waals surface area contributed by atoms with E-state index in [1.807, 2.05) is 42.8 Å². The first-order chi connectivity index (χ1) is 14.4. The smallest absolute Gasteiger partial charge is 0.291 e. The summed E-state index contributed by atoms with van der Waals surface area (Å²) >= 11 is 9.42. The highest BCUT2D eigenvalue weighted by atomic mass is 79.9. The van der Waals surface area contributed by atoms with E-state index in [9.17, 15) is 4.79 Å². The van der Waals surface area contributed by atoms with Gasteiger partial charge >= 0.3 is 0 Å². The molecule has 1 aromatic carbocycles. The third-order valence-corrected chi connectivity index (χ3v) is 6.03. The van der Waals surface area contributed by atoms with Crippen molar-refractivity contribution >= 4 is 39.1 Å². The zero-order valence-electron chi connectivity index (χ0n) is 16.4. The standard InChI is InChI=1S/C21H19BrClN5O2/c1-13-20(22)14(2)28(26-13)12-18-7-8-19(30-18)21(29)25-17-9-24-27(11-17)10-15-3-5-16(23)6-4-15/h3-9,11H,10,12H2,1-2H3,(H,25,29). The van der Waals surface area contributed by atoms with Crippen LogP contribution in [0.5, 0.6) is 0 Å². The minimum atomic E-state index is -0.332. The van der Waals surface area contributed by atoms with E-state index in [0.717, 1.165) is 21.4 Å². The fourth-order valence-corrected chi connectivity index (χ4v) is 3.46. The number of carbonyl (C=O) groups is 1. The number of furan rings is 1. The van der Waals surface area contributed by atoms with Gasteiger partial charge in [0.25, 0.3) is 5.91 Å². The summed E-state index contributed by atoms with van der Waals surface area (Å²) in [5, 5.41) is 12.2. The fraction of sp³-hybridized carbons (Fsp3) is 0.190. The topological polar surface area (TPSA) is 77.9 Å². The Labute approximate surface area is 186 Å². The lowest BCUT2D eigenvalue weighted by Crippen LogP contribution is -2.10. The lowest BCUT2D eigenvalue weighted by atomic mass is 10.2. The molecule has 0 atom stereocenters. The lowest BCUT2D eigenvalue weighted by Gasteiger charge is -2.03. The Morgan fingerprint density at radius 3 is 2.63 bits per heavy atom. The van der Waals surface area contributed by atoms with Crippen molar-refractivity contribution in [3.05, 3.63) is 86.8 Å². The Bertz CT molecular complexity index is 1190. The number of nitrogens with zero attached hydrogens (tertiary/aromatic N) is 4. The molecule has 0 unspecified atom stereocenters. The molecular formula is C21H19BrClN5O2. The highest BCUT2D eigenvalue weighted by Crippen LogP contribution is 2.21. The number of aromatic nitrogens is 4. The fourth-order valence-electron chi connectivity index (χ4n) is 3.05. The van der Waals surface area contributed by atoms with E-state index in [1.165, 1.54) is 0 Å². The molecule has 3 heterocycles. The van der Waals surface area contributed by atoms with Gasteiger partial charge in [0, 0.05) is 11.2 Å². The zero-order valence-corrected chi connectivity index (χ0v) is 18.7. The summed E-state index contributed by atoms with van der Waals surface area (Å²) in [6.07, 6.45) is 3.37. The van der Waals surface area contributed by atoms with Crippen molar-refractivity contribution in [3.8, 4) is 0 Å². The van der Waals surface area contributed by atoms with Gasteiger partial charge in [-0.2, -0.15) is 10.2 Å². The summed E-state index contributed by atoms with van der Waals surface area (Å²) in [6.45, 7) is 4.94. The number of amides is 1. The maximum absolute atomic E-state index is 12.5. The number of rotatable bonds is 6. The normalized spacial score (nSPS) is 11.1. The van der Waals surface area contributed by atoms with Crippen LogP contribution in [0, 0.1) is 13.8 Å². The van der Waals surface area contributed by atoms with Gasteiger partial charge in [-0.05, 0) is 59.6 Å². The average molecular weight is 489 g/mol. The second-order valence-corrected chi connectivity index (χ2v) is 8.15. The van der Waals surface area contributed by atoms with Crippen molar-refractivity contribution in [1.29, 1.82) is 0 Å². The van der Waals surface area contributed by atoms with Crippen molar-refractivity contribution in [1.82, 2.24) is 19.6 Å². The second-order valence-electron chi connectivity index (χ2n) is 6.92. The molecule has 0 spiro atoms. The summed E-state index contributed by atoms with van der Waals surface area (Å²) in [7, 11) is 0. The Balaban J connectivity index is 1.39. The first kappa shape index (κ1) is 20.4. The van der Waals surface area contributed by atoms with Gasteiger partial charge < -0.3 is 9.73 Å². The van der Waals surface area contributed by atoms with Crippen molar-refractivity contribution < 1.29 is 9.21 Å². The van der Waals surface area contributed by atoms with Crippen LogP contribution in [0.1, 0.15) is 33.3 Å². The number of halogens is 2. The van der Waals surface area contributed by atoms with Crippen LogP contribution in [-0.4, -0.2) is 25.5 Å². The molecule has 0 saturated heterocycles. The highest BCUT2D eigenvalue weighted by molar-refractivity contribution is 9.10. The summed E-state index contributed by atoms with van der Waals surface area (Å²) in [5.74, 6) is 0.551. The molecule has 0 bridgehead atoms. The monoisotopic (exact) mass is 487 g/mol. The van der Waals surface area contributed by atoms with Gasteiger partial charge in [0.15, 0.2) is 5.76 Å². The van der Waals surface area contributed by atoms with Gasteiger partial charge in [-0.3, -0.25) is 14.2 Å². The molecule has 0 saturated carbocycles. The summed E-state index contributed by atoms with van der Waals surface area (Å²) in [4.78, 5) is 12.5. The number of hydrogen-bond acceptors (Lipinski definition) is 4. The summed E-state index contributed by atoms with van der Waals surface area (Å²) in [5.41, 5.74) is 3.57. The lowest BCUT2D eigenvalue weighted by molar-refractivity contribution is 0.0994. The number of hydrogen-bond donors (Lipinski definition) is 1. The number of aryl methyl sites for hydroxylation is 1. The molecule has 0 aliphatic rings. The maximum atomic E-state index is 12.5. The number of carbonyl (C=O) groups excluding carboxylic acids is 1. The van der Waals surface area contributed by atoms with Crippen molar-refractivity contribution in [2.45, 2.75) is 26.9 Å². The summed E-state index contributed by atoms with van der Waals surface area (Å²) in [6, 6.07) is 11.0. The molecule has 0 aliphatic carbocycles. The van der Waals surface area contributed by atoms with E-state index in [-0.39, 0.29) is 11.7 Å². The minimum Gasteiger partial charge on any atom is -0.454 e. The predicted octanol–water partition coefficient (Wildman–Crippen LogP) is 5.05. The van der Waals surface area contributed by atoms with E-state index in [1.54, 1.807) is 29.2 Å². The van der Waals surface area contributed by atoms with E-state index >= 15 is 0 Å². The van der Waals surface area contributed by atoms with Gasteiger partial charge in [0.05, 0.1) is 40.8 Å². The third kappa shape index (κ3) is 4.49. The van der Waals surface area contributed by atoms with Gasteiger partial charge in [-0.1, -0.05) is 23.7 Å².